The number of piperidine rings is 1. The van der Waals surface area contributed by atoms with Gasteiger partial charge in [0.05, 0.1) is 12.1 Å². The van der Waals surface area contributed by atoms with Gasteiger partial charge in [-0.05, 0) is 75.3 Å². The molecule has 176 valence electrons. The number of hydrogen-bond donors (Lipinski definition) is 3. The Morgan fingerprint density at radius 1 is 1.21 bits per heavy atom. The molecule has 1 amide bonds. The van der Waals surface area contributed by atoms with Crippen LogP contribution in [0.25, 0.3) is 0 Å². The molecule has 0 aliphatic carbocycles. The Morgan fingerprint density at radius 3 is 2.82 bits per heavy atom. The van der Waals surface area contributed by atoms with Gasteiger partial charge < -0.3 is 15.5 Å². The second kappa shape index (κ2) is 9.13. The zero-order chi connectivity index (χ0) is 23.1. The summed E-state index contributed by atoms with van der Waals surface area (Å²) in [5, 5.41) is 7.76. The first-order chi connectivity index (χ1) is 15.9. The van der Waals surface area contributed by atoms with E-state index in [1.54, 1.807) is 0 Å². The summed E-state index contributed by atoms with van der Waals surface area (Å²) in [7, 11) is 0. The van der Waals surface area contributed by atoms with E-state index in [1.807, 2.05) is 35.0 Å². The van der Waals surface area contributed by atoms with Crippen molar-refractivity contribution >= 4 is 23.7 Å². The Morgan fingerprint density at radius 2 is 2.06 bits per heavy atom. The molecular formula is C24H33N7OS. The van der Waals surface area contributed by atoms with Crippen molar-refractivity contribution in [1.29, 1.82) is 0 Å². The van der Waals surface area contributed by atoms with Crippen LogP contribution in [0, 0.1) is 6.92 Å². The lowest BCUT2D eigenvalue weighted by atomic mass is 9.94. The van der Waals surface area contributed by atoms with Crippen LogP contribution < -0.4 is 16.3 Å². The molecule has 4 aliphatic rings. The molecule has 5 rings (SSSR count). The first-order valence-electron chi connectivity index (χ1n) is 11.8. The van der Waals surface area contributed by atoms with Gasteiger partial charge in [-0.3, -0.25) is 14.9 Å². The number of hydrogen-bond acceptors (Lipinski definition) is 8. The minimum Gasteiger partial charge on any atom is -0.355 e. The van der Waals surface area contributed by atoms with Crippen LogP contribution in [0.15, 0.2) is 51.8 Å². The summed E-state index contributed by atoms with van der Waals surface area (Å²) in [5.74, 6) is 1.99. The van der Waals surface area contributed by atoms with Crippen LogP contribution in [0.3, 0.4) is 0 Å². The minimum absolute atomic E-state index is 0.0182. The minimum atomic E-state index is 0.0182. The maximum Gasteiger partial charge on any atom is 0.254 e. The third kappa shape index (κ3) is 4.30. The number of hydrazine groups is 1. The predicted octanol–water partition coefficient (Wildman–Crippen LogP) is 2.33. The van der Waals surface area contributed by atoms with Crippen molar-refractivity contribution in [1.82, 2.24) is 20.2 Å². The van der Waals surface area contributed by atoms with Crippen LogP contribution in [0.5, 0.6) is 0 Å². The Balaban J connectivity index is 1.39. The van der Waals surface area contributed by atoms with E-state index in [9.17, 15) is 4.79 Å². The number of aryl methyl sites for hydroxylation is 1. The van der Waals surface area contributed by atoms with Crippen molar-refractivity contribution in [2.24, 2.45) is 15.9 Å². The lowest BCUT2D eigenvalue weighted by Crippen LogP contribution is -2.54. The van der Waals surface area contributed by atoms with E-state index in [4.69, 9.17) is 15.9 Å². The molecule has 5 N–H and O–H groups in total. The molecule has 0 radical (unpaired) electrons. The van der Waals surface area contributed by atoms with Gasteiger partial charge in [0, 0.05) is 47.9 Å². The molecule has 33 heavy (non-hydrogen) atoms. The predicted molar refractivity (Wildman–Crippen MR) is 132 cm³/mol. The van der Waals surface area contributed by atoms with Crippen LogP contribution in [-0.2, 0) is 0 Å². The molecule has 4 heterocycles. The number of nitrogens with one attached hydrogen (secondary N) is 1. The van der Waals surface area contributed by atoms with Crippen LogP contribution in [0.2, 0.25) is 0 Å². The third-order valence-electron chi connectivity index (χ3n) is 7.08. The number of likely N-dealkylation sites (tertiary alicyclic amines) is 2. The summed E-state index contributed by atoms with van der Waals surface area (Å²) in [4.78, 5) is 23.8. The normalized spacial score (nSPS) is 27.3. The number of benzene rings is 1. The summed E-state index contributed by atoms with van der Waals surface area (Å²) in [6, 6.07) is 6.16. The third-order valence-corrected chi connectivity index (χ3v) is 7.61. The molecule has 1 aromatic carbocycles. The van der Waals surface area contributed by atoms with Crippen LogP contribution in [0.4, 0.5) is 0 Å². The van der Waals surface area contributed by atoms with Crippen LogP contribution >= 0.6 is 11.9 Å². The fraction of sp³-hybridized carbons (Fsp3) is 0.500. The summed E-state index contributed by atoms with van der Waals surface area (Å²) >= 11 is 1.17. The maximum atomic E-state index is 13.6. The highest BCUT2D eigenvalue weighted by molar-refractivity contribution is 7.97. The zero-order valence-corrected chi connectivity index (χ0v) is 20.1. The summed E-state index contributed by atoms with van der Waals surface area (Å²) < 4.78 is 0. The molecule has 2 fully saturated rings. The quantitative estimate of drug-likeness (QED) is 0.586. The van der Waals surface area contributed by atoms with Crippen molar-refractivity contribution in [2.45, 2.75) is 62.6 Å². The topological polar surface area (TPSA) is 103 Å². The van der Waals surface area contributed by atoms with Gasteiger partial charge in [-0.15, -0.1) is 0 Å². The molecule has 0 saturated carbocycles. The number of carbonyl (C=O) groups is 1. The van der Waals surface area contributed by atoms with E-state index in [0.717, 1.165) is 78.6 Å². The number of nitrogens with two attached hydrogens (primary N) is 2. The van der Waals surface area contributed by atoms with Gasteiger partial charge in [0.25, 0.3) is 5.91 Å². The average Bonchev–Trinajstić information content (AvgIpc) is 3.44. The monoisotopic (exact) mass is 467 g/mol. The Labute approximate surface area is 199 Å². The van der Waals surface area contributed by atoms with Gasteiger partial charge in [-0.25, -0.2) is 10.4 Å². The molecule has 1 aromatic rings. The number of amides is 1. The van der Waals surface area contributed by atoms with E-state index >= 15 is 0 Å². The fourth-order valence-electron chi connectivity index (χ4n) is 5.29. The fourth-order valence-corrected chi connectivity index (χ4v) is 5.62. The smallest absolute Gasteiger partial charge is 0.254 e. The molecular weight excluding hydrogens is 434 g/mol. The Hall–Kier alpha value is -2.33. The lowest BCUT2D eigenvalue weighted by molar-refractivity contribution is 0.0560. The largest absolute Gasteiger partial charge is 0.355 e. The SMILES string of the molecule is CC1=CN2NC(C3CCCCN3C(=O)c3cc(SN)ccc3C)C=C2N=C1N1CCC(N)C1. The lowest BCUT2D eigenvalue weighted by Gasteiger charge is -2.39. The number of aliphatic imine (C=N–C) groups is 1. The van der Waals surface area contributed by atoms with Crippen molar-refractivity contribution in [3.05, 3.63) is 53.0 Å². The number of amidine groups is 1. The highest BCUT2D eigenvalue weighted by Crippen LogP contribution is 2.30. The van der Waals surface area contributed by atoms with Crippen LogP contribution in [0.1, 0.15) is 48.5 Å². The average molecular weight is 468 g/mol. The molecule has 3 atom stereocenters. The summed E-state index contributed by atoms with van der Waals surface area (Å²) in [5.41, 5.74) is 12.5. The van der Waals surface area contributed by atoms with E-state index in [2.05, 4.69) is 29.5 Å². The first kappa shape index (κ1) is 22.5. The molecule has 4 aliphatic heterocycles. The zero-order valence-electron chi connectivity index (χ0n) is 19.3. The maximum absolute atomic E-state index is 13.6. The second-order valence-electron chi connectivity index (χ2n) is 9.45. The summed E-state index contributed by atoms with van der Waals surface area (Å²) in [6.07, 6.45) is 8.38. The number of carbonyl (C=O) groups excluding carboxylic acids is 1. The number of fused-ring (bicyclic) bond motifs is 1. The van der Waals surface area contributed by atoms with Crippen molar-refractivity contribution in [2.75, 3.05) is 19.6 Å². The second-order valence-corrected chi connectivity index (χ2v) is 10.2. The van der Waals surface area contributed by atoms with Crippen molar-refractivity contribution in [3.63, 3.8) is 0 Å². The Bertz CT molecular complexity index is 1040. The van der Waals surface area contributed by atoms with E-state index in [-0.39, 0.29) is 24.0 Å². The van der Waals surface area contributed by atoms with Crippen LogP contribution in [-0.4, -0.2) is 64.3 Å². The van der Waals surface area contributed by atoms with Gasteiger partial charge in [-0.1, -0.05) is 6.07 Å². The molecule has 0 aromatic heterocycles. The molecule has 3 unspecified atom stereocenters. The number of nitrogens with zero attached hydrogens (tertiary/aromatic N) is 4. The molecule has 0 bridgehead atoms. The van der Waals surface area contributed by atoms with E-state index in [0.29, 0.717) is 0 Å². The molecule has 9 heteroatoms. The van der Waals surface area contributed by atoms with E-state index in [1.165, 1.54) is 11.9 Å². The van der Waals surface area contributed by atoms with Gasteiger partial charge in [0.2, 0.25) is 0 Å². The standard InChI is InChI=1S/C24H33N7OS/c1-15-6-7-18(33-26)11-19(15)24(32)30-9-4-3-5-21(30)20-12-22-27-23(16(2)13-31(22)28-20)29-10-8-17(25)14-29/h6-7,11-13,17,20-21,28H,3-5,8-10,14,25-26H2,1-2H3. The van der Waals surface area contributed by atoms with E-state index < -0.39 is 0 Å². The Kier molecular flexibility index (Phi) is 6.22. The van der Waals surface area contributed by atoms with Gasteiger partial charge >= 0.3 is 0 Å². The van der Waals surface area contributed by atoms with Gasteiger partial charge in [0.1, 0.15) is 11.7 Å². The molecule has 0 spiro atoms. The highest BCUT2D eigenvalue weighted by Gasteiger charge is 2.38. The summed E-state index contributed by atoms with van der Waals surface area (Å²) in [6.45, 7) is 6.63. The van der Waals surface area contributed by atoms with Gasteiger partial charge in [0.15, 0.2) is 0 Å². The highest BCUT2D eigenvalue weighted by atomic mass is 32.2. The van der Waals surface area contributed by atoms with Crippen molar-refractivity contribution in [3.8, 4) is 0 Å². The first-order valence-corrected chi connectivity index (χ1v) is 12.7. The molecule has 2 saturated heterocycles. The van der Waals surface area contributed by atoms with Crippen molar-refractivity contribution < 1.29 is 4.79 Å². The van der Waals surface area contributed by atoms with Gasteiger partial charge in [-0.2, -0.15) is 0 Å². The molecule has 8 nitrogen and oxygen atoms in total. The number of rotatable bonds is 3.